The summed E-state index contributed by atoms with van der Waals surface area (Å²) in [4.78, 5) is 0. The molecule has 1 N–H and O–H groups in total. The van der Waals surface area contributed by atoms with Crippen LogP contribution in [0.25, 0.3) is 0 Å². The van der Waals surface area contributed by atoms with Gasteiger partial charge in [-0.05, 0) is 18.9 Å². The van der Waals surface area contributed by atoms with Crippen molar-refractivity contribution in [2.45, 2.75) is 32.7 Å². The maximum Gasteiger partial charge on any atom is 0.0240 e. The fraction of sp³-hybridized carbons (Fsp3) is 0.600. The fourth-order valence-electron chi connectivity index (χ4n) is 0.847. The lowest BCUT2D eigenvalue weighted by Gasteiger charge is -2.13. The van der Waals surface area contributed by atoms with Gasteiger partial charge in [0.15, 0.2) is 0 Å². The van der Waals surface area contributed by atoms with E-state index in [4.69, 9.17) is 18.0 Å². The Morgan fingerprint density at radius 2 is 2.42 bits per heavy atom. The first kappa shape index (κ1) is 11.6. The molecule has 0 aromatic rings. The van der Waals surface area contributed by atoms with Crippen LogP contribution < -0.4 is 5.32 Å². The minimum absolute atomic E-state index is 0.418. The van der Waals surface area contributed by atoms with Gasteiger partial charge in [0.2, 0.25) is 0 Å². The van der Waals surface area contributed by atoms with Crippen LogP contribution in [0.5, 0.6) is 0 Å². The van der Waals surface area contributed by atoms with Gasteiger partial charge in [-0.3, -0.25) is 0 Å². The van der Waals surface area contributed by atoms with E-state index in [0.717, 1.165) is 25.0 Å². The summed E-state index contributed by atoms with van der Waals surface area (Å²) in [6.45, 7) is 4.93. The molecule has 0 fully saturated rings. The van der Waals surface area contributed by atoms with Gasteiger partial charge in [0.25, 0.3) is 0 Å². The normalized spacial score (nSPS) is 14.0. The van der Waals surface area contributed by atoms with Crippen molar-refractivity contribution in [2.24, 2.45) is 0 Å². The van der Waals surface area contributed by atoms with Gasteiger partial charge in [0, 0.05) is 24.5 Å². The zero-order chi connectivity index (χ0) is 9.40. The van der Waals surface area contributed by atoms with Gasteiger partial charge < -0.3 is 5.32 Å². The highest BCUT2D eigenvalue weighted by atomic mass is 35.5. The van der Waals surface area contributed by atoms with Crippen molar-refractivity contribution in [3.8, 4) is 12.3 Å². The van der Waals surface area contributed by atoms with E-state index in [1.54, 1.807) is 5.54 Å². The molecule has 0 bridgehead atoms. The van der Waals surface area contributed by atoms with E-state index in [1.807, 2.05) is 6.92 Å². The molecule has 0 aromatic heterocycles. The average Bonchev–Trinajstić information content (AvgIpc) is 2.11. The van der Waals surface area contributed by atoms with Crippen molar-refractivity contribution in [3.63, 3.8) is 0 Å². The van der Waals surface area contributed by atoms with Crippen LogP contribution in [-0.4, -0.2) is 12.6 Å². The van der Waals surface area contributed by atoms with E-state index < -0.39 is 0 Å². The standard InChI is InChI=1S/C10H16ClN/c1-4-6-10(5-2)12-8-9(3)7-11/h1,7,10,12H,5-6,8H2,2-3H3. The summed E-state index contributed by atoms with van der Waals surface area (Å²) in [6.07, 6.45) is 7.05. The van der Waals surface area contributed by atoms with Crippen LogP contribution in [0.2, 0.25) is 0 Å². The maximum atomic E-state index is 5.51. The SMILES string of the molecule is C#CCC(CC)NCC(C)=CCl. The van der Waals surface area contributed by atoms with E-state index >= 15 is 0 Å². The van der Waals surface area contributed by atoms with Crippen molar-refractivity contribution in [1.29, 1.82) is 0 Å². The summed E-state index contributed by atoms with van der Waals surface area (Å²) in [5.74, 6) is 2.65. The molecule has 0 aromatic carbocycles. The second-order valence-corrected chi connectivity index (χ2v) is 3.07. The highest BCUT2D eigenvalue weighted by Gasteiger charge is 2.02. The quantitative estimate of drug-likeness (QED) is 0.650. The lowest BCUT2D eigenvalue weighted by atomic mass is 10.1. The molecule has 0 aliphatic heterocycles. The van der Waals surface area contributed by atoms with Crippen molar-refractivity contribution in [3.05, 3.63) is 11.1 Å². The predicted molar refractivity (Wildman–Crippen MR) is 55.1 cm³/mol. The molecule has 0 aliphatic carbocycles. The van der Waals surface area contributed by atoms with Gasteiger partial charge in [-0.15, -0.1) is 12.3 Å². The topological polar surface area (TPSA) is 12.0 Å². The summed E-state index contributed by atoms with van der Waals surface area (Å²) >= 11 is 5.51. The minimum atomic E-state index is 0.418. The third kappa shape index (κ3) is 5.23. The first-order valence-corrected chi connectivity index (χ1v) is 4.60. The third-order valence-corrected chi connectivity index (χ3v) is 2.09. The van der Waals surface area contributed by atoms with Crippen molar-refractivity contribution >= 4 is 11.6 Å². The van der Waals surface area contributed by atoms with Crippen molar-refractivity contribution in [1.82, 2.24) is 5.32 Å². The molecule has 0 spiro atoms. The van der Waals surface area contributed by atoms with Crippen LogP contribution in [0.1, 0.15) is 26.7 Å². The highest BCUT2D eigenvalue weighted by molar-refractivity contribution is 6.25. The Labute approximate surface area is 80.2 Å². The number of halogens is 1. The van der Waals surface area contributed by atoms with Gasteiger partial charge in [0.1, 0.15) is 0 Å². The molecule has 2 heteroatoms. The van der Waals surface area contributed by atoms with Crippen LogP contribution in [0.3, 0.4) is 0 Å². The van der Waals surface area contributed by atoms with Crippen LogP contribution in [0.4, 0.5) is 0 Å². The van der Waals surface area contributed by atoms with Crippen LogP contribution in [0.15, 0.2) is 11.1 Å². The molecule has 1 atom stereocenters. The first-order chi connectivity index (χ1) is 5.74. The highest BCUT2D eigenvalue weighted by Crippen LogP contribution is 1.98. The Morgan fingerprint density at radius 1 is 1.75 bits per heavy atom. The van der Waals surface area contributed by atoms with Gasteiger partial charge in [-0.25, -0.2) is 0 Å². The number of hydrogen-bond donors (Lipinski definition) is 1. The van der Waals surface area contributed by atoms with E-state index in [9.17, 15) is 0 Å². The Kier molecular flexibility index (Phi) is 6.94. The summed E-state index contributed by atoms with van der Waals surface area (Å²) < 4.78 is 0. The molecule has 0 saturated carbocycles. The van der Waals surface area contributed by atoms with E-state index in [1.165, 1.54) is 0 Å². The number of terminal acetylenes is 1. The van der Waals surface area contributed by atoms with Crippen molar-refractivity contribution in [2.75, 3.05) is 6.54 Å². The molecule has 0 rings (SSSR count). The van der Waals surface area contributed by atoms with Gasteiger partial charge in [0.05, 0.1) is 0 Å². The molecule has 12 heavy (non-hydrogen) atoms. The van der Waals surface area contributed by atoms with Gasteiger partial charge in [-0.2, -0.15) is 0 Å². The lowest BCUT2D eigenvalue weighted by molar-refractivity contribution is 0.530. The molecular weight excluding hydrogens is 170 g/mol. The fourth-order valence-corrected chi connectivity index (χ4v) is 0.924. The summed E-state index contributed by atoms with van der Waals surface area (Å²) in [7, 11) is 0. The van der Waals surface area contributed by atoms with Crippen LogP contribution in [-0.2, 0) is 0 Å². The molecule has 0 aliphatic rings. The molecule has 0 amide bonds. The van der Waals surface area contributed by atoms with Gasteiger partial charge >= 0.3 is 0 Å². The Morgan fingerprint density at radius 3 is 2.83 bits per heavy atom. The Balaban J connectivity index is 3.66. The molecule has 0 radical (unpaired) electrons. The lowest BCUT2D eigenvalue weighted by Crippen LogP contribution is -2.29. The molecule has 68 valence electrons. The number of rotatable bonds is 5. The summed E-state index contributed by atoms with van der Waals surface area (Å²) in [5.41, 5.74) is 2.72. The summed E-state index contributed by atoms with van der Waals surface area (Å²) in [6, 6.07) is 0.418. The van der Waals surface area contributed by atoms with E-state index in [2.05, 4.69) is 18.2 Å². The maximum absolute atomic E-state index is 5.51. The van der Waals surface area contributed by atoms with Crippen LogP contribution in [0, 0.1) is 12.3 Å². The van der Waals surface area contributed by atoms with Crippen LogP contribution >= 0.6 is 11.6 Å². The molecular formula is C10H16ClN. The zero-order valence-corrected chi connectivity index (χ0v) is 8.49. The smallest absolute Gasteiger partial charge is 0.0240 e. The largest absolute Gasteiger partial charge is 0.309 e. The van der Waals surface area contributed by atoms with E-state index in [-0.39, 0.29) is 0 Å². The second kappa shape index (κ2) is 7.21. The number of nitrogens with one attached hydrogen (secondary N) is 1. The molecule has 0 heterocycles. The third-order valence-electron chi connectivity index (χ3n) is 1.71. The van der Waals surface area contributed by atoms with E-state index in [0.29, 0.717) is 6.04 Å². The molecule has 0 saturated heterocycles. The number of hydrogen-bond acceptors (Lipinski definition) is 1. The van der Waals surface area contributed by atoms with Gasteiger partial charge in [-0.1, -0.05) is 18.5 Å². The first-order valence-electron chi connectivity index (χ1n) is 4.17. The zero-order valence-electron chi connectivity index (χ0n) is 7.73. The minimum Gasteiger partial charge on any atom is -0.309 e. The Hall–Kier alpha value is -0.450. The van der Waals surface area contributed by atoms with Crippen molar-refractivity contribution < 1.29 is 0 Å². The summed E-state index contributed by atoms with van der Waals surface area (Å²) in [5, 5.41) is 3.33. The Bertz CT molecular complexity index is 179. The average molecular weight is 186 g/mol. The monoisotopic (exact) mass is 185 g/mol. The second-order valence-electron chi connectivity index (χ2n) is 2.85. The predicted octanol–water partition coefficient (Wildman–Crippen LogP) is 2.52. The molecule has 1 unspecified atom stereocenters. The molecule has 1 nitrogen and oxygen atoms in total.